The van der Waals surface area contributed by atoms with Crippen molar-refractivity contribution in [2.24, 2.45) is 0 Å². The summed E-state index contributed by atoms with van der Waals surface area (Å²) in [5.74, 6) is 0.876. The first-order chi connectivity index (χ1) is 7.08. The van der Waals surface area contributed by atoms with Crippen molar-refractivity contribution in [1.82, 2.24) is 0 Å². The van der Waals surface area contributed by atoms with Crippen LogP contribution in [0.25, 0.3) is 6.08 Å². The lowest BCUT2D eigenvalue weighted by atomic mass is 10.2. The lowest BCUT2D eigenvalue weighted by Crippen LogP contribution is -2.05. The third kappa shape index (κ3) is 4.45. The molecule has 0 spiro atoms. The molecule has 15 heavy (non-hydrogen) atoms. The van der Waals surface area contributed by atoms with Gasteiger partial charge in [-0.2, -0.15) is 0 Å². The van der Waals surface area contributed by atoms with Crippen LogP contribution in [0.1, 0.15) is 26.3 Å². The molecule has 0 aliphatic rings. The molecule has 0 aliphatic carbocycles. The molecule has 1 aromatic carbocycles. The van der Waals surface area contributed by atoms with Crippen LogP contribution in [0.4, 0.5) is 0 Å². The van der Waals surface area contributed by atoms with E-state index in [1.807, 2.05) is 38.1 Å². The molecule has 0 bridgehead atoms. The lowest BCUT2D eigenvalue weighted by Gasteiger charge is -2.09. The SMILES string of the molecule is CC(=O)/C=C/c1cccc(OC(C)C)c1. The highest BCUT2D eigenvalue weighted by Crippen LogP contribution is 2.15. The highest BCUT2D eigenvalue weighted by atomic mass is 16.5. The van der Waals surface area contributed by atoms with Crippen LogP contribution in [0.15, 0.2) is 30.3 Å². The monoisotopic (exact) mass is 204 g/mol. The maximum absolute atomic E-state index is 10.8. The van der Waals surface area contributed by atoms with E-state index in [0.29, 0.717) is 0 Å². The van der Waals surface area contributed by atoms with Crippen molar-refractivity contribution in [1.29, 1.82) is 0 Å². The summed E-state index contributed by atoms with van der Waals surface area (Å²) in [6.45, 7) is 5.50. The summed E-state index contributed by atoms with van der Waals surface area (Å²) in [6.07, 6.45) is 3.50. The zero-order chi connectivity index (χ0) is 11.3. The van der Waals surface area contributed by atoms with Gasteiger partial charge in [0.25, 0.3) is 0 Å². The first-order valence-corrected chi connectivity index (χ1v) is 5.03. The van der Waals surface area contributed by atoms with Crippen molar-refractivity contribution in [2.45, 2.75) is 26.9 Å². The normalized spacial score (nSPS) is 10.9. The predicted molar refractivity (Wildman–Crippen MR) is 61.9 cm³/mol. The number of ketones is 1. The van der Waals surface area contributed by atoms with Crippen LogP contribution in [0.2, 0.25) is 0 Å². The first kappa shape index (κ1) is 11.5. The fraction of sp³-hybridized carbons (Fsp3) is 0.308. The van der Waals surface area contributed by atoms with Crippen LogP contribution in [0.3, 0.4) is 0 Å². The van der Waals surface area contributed by atoms with Gasteiger partial charge in [0.05, 0.1) is 6.10 Å². The summed E-state index contributed by atoms with van der Waals surface area (Å²) in [4.78, 5) is 10.8. The molecule has 0 unspecified atom stereocenters. The zero-order valence-corrected chi connectivity index (χ0v) is 9.36. The quantitative estimate of drug-likeness (QED) is 0.704. The Morgan fingerprint density at radius 2 is 2.13 bits per heavy atom. The van der Waals surface area contributed by atoms with Crippen molar-refractivity contribution < 1.29 is 9.53 Å². The summed E-state index contributed by atoms with van der Waals surface area (Å²) in [5.41, 5.74) is 0.975. The van der Waals surface area contributed by atoms with Gasteiger partial charge in [-0.05, 0) is 44.5 Å². The van der Waals surface area contributed by atoms with Gasteiger partial charge in [-0.25, -0.2) is 0 Å². The van der Waals surface area contributed by atoms with Gasteiger partial charge in [0, 0.05) is 0 Å². The number of carbonyl (C=O) groups excluding carboxylic acids is 1. The maximum Gasteiger partial charge on any atom is 0.152 e. The van der Waals surface area contributed by atoms with E-state index >= 15 is 0 Å². The summed E-state index contributed by atoms with van der Waals surface area (Å²) < 4.78 is 5.54. The van der Waals surface area contributed by atoms with Gasteiger partial charge in [-0.15, -0.1) is 0 Å². The molecule has 0 heterocycles. The number of rotatable bonds is 4. The molecule has 0 fully saturated rings. The molecule has 0 saturated carbocycles. The van der Waals surface area contributed by atoms with Gasteiger partial charge >= 0.3 is 0 Å². The van der Waals surface area contributed by atoms with Gasteiger partial charge in [0.15, 0.2) is 5.78 Å². The average molecular weight is 204 g/mol. The molecular formula is C13H16O2. The van der Waals surface area contributed by atoms with E-state index < -0.39 is 0 Å². The van der Waals surface area contributed by atoms with Crippen LogP contribution < -0.4 is 4.74 Å². The molecule has 0 saturated heterocycles. The van der Waals surface area contributed by atoms with E-state index in [4.69, 9.17) is 4.74 Å². The third-order valence-corrected chi connectivity index (χ3v) is 1.74. The van der Waals surface area contributed by atoms with Crippen molar-refractivity contribution >= 4 is 11.9 Å². The Balaban J connectivity index is 2.78. The average Bonchev–Trinajstić information content (AvgIpc) is 2.14. The molecule has 2 heteroatoms. The van der Waals surface area contributed by atoms with Crippen molar-refractivity contribution in [2.75, 3.05) is 0 Å². The molecule has 0 N–H and O–H groups in total. The van der Waals surface area contributed by atoms with E-state index in [1.165, 1.54) is 6.92 Å². The molecule has 0 aliphatic heterocycles. The van der Waals surface area contributed by atoms with Crippen molar-refractivity contribution in [3.05, 3.63) is 35.9 Å². The smallest absolute Gasteiger partial charge is 0.152 e. The van der Waals surface area contributed by atoms with Crippen LogP contribution in [0, 0.1) is 0 Å². The number of hydrogen-bond donors (Lipinski definition) is 0. The fourth-order valence-electron chi connectivity index (χ4n) is 1.18. The minimum atomic E-state index is 0.0465. The highest BCUT2D eigenvalue weighted by molar-refractivity contribution is 5.91. The molecular weight excluding hydrogens is 188 g/mol. The Morgan fingerprint density at radius 3 is 2.73 bits per heavy atom. The standard InChI is InChI=1S/C13H16O2/c1-10(2)15-13-6-4-5-12(9-13)8-7-11(3)14/h4-10H,1-3H3/b8-7+. The third-order valence-electron chi connectivity index (χ3n) is 1.74. The fourth-order valence-corrected chi connectivity index (χ4v) is 1.18. The minimum Gasteiger partial charge on any atom is -0.491 e. The molecule has 1 aromatic rings. The second-order valence-corrected chi connectivity index (χ2v) is 3.68. The van der Waals surface area contributed by atoms with Crippen LogP contribution in [-0.2, 0) is 4.79 Å². The van der Waals surface area contributed by atoms with Gasteiger partial charge in [-0.3, -0.25) is 4.79 Å². The Kier molecular flexibility index (Phi) is 4.10. The van der Waals surface area contributed by atoms with Gasteiger partial charge in [0.1, 0.15) is 5.75 Å². The number of carbonyl (C=O) groups is 1. The highest BCUT2D eigenvalue weighted by Gasteiger charge is 1.97. The molecule has 2 nitrogen and oxygen atoms in total. The largest absolute Gasteiger partial charge is 0.491 e. The topological polar surface area (TPSA) is 26.3 Å². The van der Waals surface area contributed by atoms with Gasteiger partial charge in [-0.1, -0.05) is 18.2 Å². The number of benzene rings is 1. The molecule has 0 radical (unpaired) electrons. The lowest BCUT2D eigenvalue weighted by molar-refractivity contribution is -0.112. The second kappa shape index (κ2) is 5.35. The van der Waals surface area contributed by atoms with Gasteiger partial charge in [0.2, 0.25) is 0 Å². The summed E-state index contributed by atoms with van der Waals surface area (Å²) in [6, 6.07) is 7.68. The number of hydrogen-bond acceptors (Lipinski definition) is 2. The summed E-state index contributed by atoms with van der Waals surface area (Å²) in [7, 11) is 0. The number of allylic oxidation sites excluding steroid dienone is 1. The van der Waals surface area contributed by atoms with E-state index in [0.717, 1.165) is 11.3 Å². The Hall–Kier alpha value is -1.57. The van der Waals surface area contributed by atoms with Crippen molar-refractivity contribution in [3.8, 4) is 5.75 Å². The summed E-state index contributed by atoms with van der Waals surface area (Å²) >= 11 is 0. The minimum absolute atomic E-state index is 0.0465. The molecule has 0 aromatic heterocycles. The van der Waals surface area contributed by atoms with E-state index in [2.05, 4.69) is 0 Å². The van der Waals surface area contributed by atoms with Gasteiger partial charge < -0.3 is 4.74 Å². The molecule has 80 valence electrons. The summed E-state index contributed by atoms with van der Waals surface area (Å²) in [5, 5.41) is 0. The van der Waals surface area contributed by atoms with E-state index in [-0.39, 0.29) is 11.9 Å². The van der Waals surface area contributed by atoms with E-state index in [1.54, 1.807) is 12.2 Å². The van der Waals surface area contributed by atoms with E-state index in [9.17, 15) is 4.79 Å². The molecule has 0 amide bonds. The Labute approximate surface area is 90.6 Å². The first-order valence-electron chi connectivity index (χ1n) is 5.03. The zero-order valence-electron chi connectivity index (χ0n) is 9.36. The van der Waals surface area contributed by atoms with Crippen LogP contribution in [-0.4, -0.2) is 11.9 Å². The Morgan fingerprint density at radius 1 is 1.40 bits per heavy atom. The number of ether oxygens (including phenoxy) is 1. The van der Waals surface area contributed by atoms with Crippen LogP contribution >= 0.6 is 0 Å². The maximum atomic E-state index is 10.8. The van der Waals surface area contributed by atoms with Crippen LogP contribution in [0.5, 0.6) is 5.75 Å². The van der Waals surface area contributed by atoms with Crippen molar-refractivity contribution in [3.63, 3.8) is 0 Å². The predicted octanol–water partition coefficient (Wildman–Crippen LogP) is 3.08. The Bertz CT molecular complexity index is 365. The molecule has 0 atom stereocenters. The molecule has 1 rings (SSSR count). The second-order valence-electron chi connectivity index (χ2n) is 3.68.